The lowest BCUT2D eigenvalue weighted by Crippen LogP contribution is -2.42. The van der Waals surface area contributed by atoms with Gasteiger partial charge in [0.2, 0.25) is 0 Å². The van der Waals surface area contributed by atoms with Crippen LogP contribution in [0.4, 0.5) is 19.4 Å². The van der Waals surface area contributed by atoms with Crippen molar-refractivity contribution < 1.29 is 32.7 Å². The van der Waals surface area contributed by atoms with E-state index >= 15 is 0 Å². The third-order valence-corrected chi connectivity index (χ3v) is 5.30. The molecule has 0 rings (SSSR count). The van der Waals surface area contributed by atoms with E-state index in [2.05, 4.69) is 0 Å². The first-order valence-electron chi connectivity index (χ1n) is 4.40. The number of hydrogen-bond acceptors (Lipinski definition) is 3. The first kappa shape index (κ1) is 16.8. The molecule has 0 unspecified atom stereocenters. The van der Waals surface area contributed by atoms with E-state index in [4.69, 9.17) is 13.3 Å². The van der Waals surface area contributed by atoms with E-state index in [-0.39, 0.29) is 6.04 Å². The molecule has 0 atom stereocenters. The molecule has 0 aliphatic rings. The SMILES string of the molecule is CO[Si](CC=CCS(F)(F)(F)(F)F)(OC)OC. The largest absolute Gasteiger partial charge is 0.504 e. The summed E-state index contributed by atoms with van der Waals surface area (Å²) >= 11 is 0. The Morgan fingerprint density at radius 3 is 1.59 bits per heavy atom. The Hall–Kier alpha value is -0.163. The summed E-state index contributed by atoms with van der Waals surface area (Å²) in [5.41, 5.74) is 0. The van der Waals surface area contributed by atoms with Crippen LogP contribution in [0.2, 0.25) is 6.04 Å². The minimum absolute atomic E-state index is 0.107. The zero-order chi connectivity index (χ0) is 13.9. The van der Waals surface area contributed by atoms with Gasteiger partial charge in [0, 0.05) is 27.4 Å². The van der Waals surface area contributed by atoms with Gasteiger partial charge in [0.05, 0.1) is 0 Å². The molecule has 0 radical (unpaired) electrons. The molecule has 17 heavy (non-hydrogen) atoms. The molecule has 0 N–H and O–H groups in total. The second-order valence-electron chi connectivity index (χ2n) is 3.27. The van der Waals surface area contributed by atoms with Crippen molar-refractivity contribution in [2.24, 2.45) is 0 Å². The predicted octanol–water partition coefficient (Wildman–Crippen LogP) is 3.72. The van der Waals surface area contributed by atoms with Gasteiger partial charge in [-0.2, -0.15) is 0 Å². The lowest BCUT2D eigenvalue weighted by atomic mass is 10.6. The monoisotopic (exact) mass is 302 g/mol. The lowest BCUT2D eigenvalue weighted by Gasteiger charge is -2.39. The maximum Gasteiger partial charge on any atom is 0.504 e. The summed E-state index contributed by atoms with van der Waals surface area (Å²) in [4.78, 5) is 0. The van der Waals surface area contributed by atoms with Crippen LogP contribution in [-0.4, -0.2) is 35.9 Å². The van der Waals surface area contributed by atoms with Gasteiger partial charge < -0.3 is 13.3 Å². The van der Waals surface area contributed by atoms with Gasteiger partial charge in [0.15, 0.2) is 0 Å². The van der Waals surface area contributed by atoms with Gasteiger partial charge in [-0.05, 0) is 0 Å². The first-order valence-corrected chi connectivity index (χ1v) is 8.45. The van der Waals surface area contributed by atoms with Gasteiger partial charge in [-0.1, -0.05) is 31.6 Å². The van der Waals surface area contributed by atoms with Crippen molar-refractivity contribution in [2.75, 3.05) is 27.1 Å². The van der Waals surface area contributed by atoms with Crippen molar-refractivity contribution in [1.29, 1.82) is 0 Å². The molecule has 0 heterocycles. The van der Waals surface area contributed by atoms with Crippen molar-refractivity contribution in [3.05, 3.63) is 12.2 Å². The molecule has 0 aromatic carbocycles. The van der Waals surface area contributed by atoms with E-state index in [1.807, 2.05) is 0 Å². The van der Waals surface area contributed by atoms with Gasteiger partial charge in [0.25, 0.3) is 10.2 Å². The average molecular weight is 302 g/mol. The van der Waals surface area contributed by atoms with Crippen LogP contribution < -0.4 is 0 Å². The molecule has 0 aromatic rings. The van der Waals surface area contributed by atoms with Gasteiger partial charge in [-0.25, -0.2) is 0 Å². The zero-order valence-electron chi connectivity index (χ0n) is 9.59. The number of halogens is 5. The molecule has 0 fully saturated rings. The molecular weight excluding hydrogens is 287 g/mol. The third kappa shape index (κ3) is 7.71. The highest BCUT2D eigenvalue weighted by Gasteiger charge is 2.62. The molecular formula is C7H15F5O3SSi. The summed E-state index contributed by atoms with van der Waals surface area (Å²) in [6.45, 7) is 0. The molecule has 0 spiro atoms. The smallest absolute Gasteiger partial charge is 0.377 e. The van der Waals surface area contributed by atoms with E-state index in [0.29, 0.717) is 6.08 Å². The van der Waals surface area contributed by atoms with Gasteiger partial charge in [-0.3, -0.25) is 0 Å². The fraction of sp³-hybridized carbons (Fsp3) is 0.714. The lowest BCUT2D eigenvalue weighted by molar-refractivity contribution is 0.127. The van der Waals surface area contributed by atoms with E-state index in [1.54, 1.807) is 0 Å². The molecule has 0 aliphatic heterocycles. The van der Waals surface area contributed by atoms with Crippen LogP contribution >= 0.6 is 10.2 Å². The Balaban J connectivity index is 4.50. The van der Waals surface area contributed by atoms with Crippen molar-refractivity contribution in [2.45, 2.75) is 6.04 Å². The Labute approximate surface area is 97.6 Å². The van der Waals surface area contributed by atoms with Crippen LogP contribution in [0, 0.1) is 0 Å². The standard InChI is InChI=1S/C7H15F5O3SSi/c1-13-17(14-2,15-3)7-5-4-6-16(8,9,10,11)12/h4-5H,6-7H2,1-3H3. The maximum absolute atomic E-state index is 11.9. The van der Waals surface area contributed by atoms with Crippen LogP contribution in [0.1, 0.15) is 0 Å². The van der Waals surface area contributed by atoms with Crippen LogP contribution in [0.5, 0.6) is 0 Å². The second kappa shape index (κ2) is 4.50. The average Bonchev–Trinajstić information content (AvgIpc) is 2.16. The highest BCUT2D eigenvalue weighted by molar-refractivity contribution is 8.45. The minimum atomic E-state index is -9.37. The third-order valence-electron chi connectivity index (χ3n) is 1.88. The number of allylic oxidation sites excluding steroid dienone is 1. The number of rotatable bonds is 7. The first-order chi connectivity index (χ1) is 7.37. The summed E-state index contributed by atoms with van der Waals surface area (Å²) in [7, 11) is -8.59. The van der Waals surface area contributed by atoms with E-state index in [9.17, 15) is 19.4 Å². The summed E-state index contributed by atoms with van der Waals surface area (Å²) < 4.78 is 74.4. The van der Waals surface area contributed by atoms with Gasteiger partial charge >= 0.3 is 8.80 Å². The van der Waals surface area contributed by atoms with E-state index in [1.165, 1.54) is 21.3 Å². The molecule has 0 bridgehead atoms. The quantitative estimate of drug-likeness (QED) is 0.407. The Kier molecular flexibility index (Phi) is 4.46. The summed E-state index contributed by atoms with van der Waals surface area (Å²) in [6.07, 6.45) is 1.29. The molecule has 0 amide bonds. The van der Waals surface area contributed by atoms with Crippen LogP contribution in [0.15, 0.2) is 12.2 Å². The molecule has 0 aliphatic carbocycles. The Morgan fingerprint density at radius 2 is 1.29 bits per heavy atom. The van der Waals surface area contributed by atoms with Gasteiger partial charge in [-0.15, -0.1) is 0 Å². The molecule has 0 aromatic heterocycles. The highest BCUT2D eigenvalue weighted by Crippen LogP contribution is 2.97. The topological polar surface area (TPSA) is 27.7 Å². The van der Waals surface area contributed by atoms with Crippen molar-refractivity contribution in [3.63, 3.8) is 0 Å². The van der Waals surface area contributed by atoms with Crippen molar-refractivity contribution in [1.82, 2.24) is 0 Å². The fourth-order valence-corrected chi connectivity index (χ4v) is 2.93. The van der Waals surface area contributed by atoms with Crippen LogP contribution in [0.25, 0.3) is 0 Å². The predicted molar refractivity (Wildman–Crippen MR) is 58.7 cm³/mol. The molecule has 106 valence electrons. The van der Waals surface area contributed by atoms with Gasteiger partial charge in [0.1, 0.15) is 5.75 Å². The van der Waals surface area contributed by atoms with Crippen molar-refractivity contribution in [3.8, 4) is 0 Å². The van der Waals surface area contributed by atoms with Crippen LogP contribution in [0.3, 0.4) is 0 Å². The number of hydrogen-bond donors (Lipinski definition) is 0. The van der Waals surface area contributed by atoms with Crippen molar-refractivity contribution >= 4 is 19.0 Å². The summed E-state index contributed by atoms with van der Waals surface area (Å²) in [5.74, 6) is -2.23. The van der Waals surface area contributed by atoms with E-state index in [0.717, 1.165) is 6.08 Å². The van der Waals surface area contributed by atoms with E-state index < -0.39 is 24.8 Å². The molecule has 0 saturated carbocycles. The molecule has 0 saturated heterocycles. The normalized spacial score (nSPS) is 18.1. The maximum atomic E-state index is 11.9. The highest BCUT2D eigenvalue weighted by atomic mass is 32.5. The molecule has 10 heteroatoms. The zero-order valence-corrected chi connectivity index (χ0v) is 11.4. The summed E-state index contributed by atoms with van der Waals surface area (Å²) in [6, 6.07) is -0.107. The Morgan fingerprint density at radius 1 is 0.882 bits per heavy atom. The van der Waals surface area contributed by atoms with Crippen LogP contribution in [-0.2, 0) is 13.3 Å². The minimum Gasteiger partial charge on any atom is -0.377 e. The fourth-order valence-electron chi connectivity index (χ4n) is 0.978. The molecule has 3 nitrogen and oxygen atoms in total. The second-order valence-corrected chi connectivity index (χ2v) is 8.86. The Bertz CT molecular complexity index is 278. The summed E-state index contributed by atoms with van der Waals surface area (Å²) in [5, 5.41) is 0.